The van der Waals surface area contributed by atoms with Crippen molar-refractivity contribution in [1.82, 2.24) is 10.3 Å². The van der Waals surface area contributed by atoms with E-state index in [2.05, 4.69) is 24.1 Å². The number of nitrogens with one attached hydrogen (secondary N) is 1. The van der Waals surface area contributed by atoms with Gasteiger partial charge in [0.05, 0.1) is 17.7 Å². The summed E-state index contributed by atoms with van der Waals surface area (Å²) < 4.78 is 5.14. The van der Waals surface area contributed by atoms with E-state index in [0.717, 1.165) is 24.5 Å². The molecule has 0 aromatic carbocycles. The van der Waals surface area contributed by atoms with Crippen LogP contribution >= 0.6 is 11.6 Å². The van der Waals surface area contributed by atoms with Gasteiger partial charge >= 0.3 is 0 Å². The van der Waals surface area contributed by atoms with Crippen LogP contribution in [0.2, 0.25) is 5.02 Å². The predicted octanol–water partition coefficient (Wildman–Crippen LogP) is 2.32. The number of likely N-dealkylation sites (N-methyl/N-ethyl adjacent to an activating group) is 1. The van der Waals surface area contributed by atoms with Gasteiger partial charge in [-0.2, -0.15) is 0 Å². The Morgan fingerprint density at radius 1 is 1.56 bits per heavy atom. The third-order valence-corrected chi connectivity index (χ3v) is 3.14. The zero-order valence-electron chi connectivity index (χ0n) is 11.5. The van der Waals surface area contributed by atoms with Crippen molar-refractivity contribution in [3.63, 3.8) is 0 Å². The van der Waals surface area contributed by atoms with Gasteiger partial charge in [0.2, 0.25) is 0 Å². The summed E-state index contributed by atoms with van der Waals surface area (Å²) in [5, 5.41) is 3.93. The SMILES string of the molecule is CCNCc1cnc(N(C)C(C)COC)c(Cl)c1. The van der Waals surface area contributed by atoms with Crippen molar-refractivity contribution in [2.75, 3.05) is 32.2 Å². The highest BCUT2D eigenvalue weighted by molar-refractivity contribution is 6.33. The summed E-state index contributed by atoms with van der Waals surface area (Å²) in [6.07, 6.45) is 1.86. The lowest BCUT2D eigenvalue weighted by Crippen LogP contribution is -2.33. The van der Waals surface area contributed by atoms with Crippen molar-refractivity contribution < 1.29 is 4.74 Å². The molecule has 1 N–H and O–H groups in total. The highest BCUT2D eigenvalue weighted by atomic mass is 35.5. The van der Waals surface area contributed by atoms with Gasteiger partial charge in [-0.25, -0.2) is 4.98 Å². The van der Waals surface area contributed by atoms with Crippen molar-refractivity contribution >= 4 is 17.4 Å². The maximum atomic E-state index is 6.27. The number of anilines is 1. The molecule has 0 amide bonds. The predicted molar refractivity (Wildman–Crippen MR) is 76.4 cm³/mol. The monoisotopic (exact) mass is 271 g/mol. The molecule has 0 saturated heterocycles. The van der Waals surface area contributed by atoms with Crippen LogP contribution in [0.3, 0.4) is 0 Å². The van der Waals surface area contributed by atoms with E-state index in [4.69, 9.17) is 16.3 Å². The Kier molecular flexibility index (Phi) is 6.39. The number of pyridine rings is 1. The molecule has 5 heteroatoms. The van der Waals surface area contributed by atoms with E-state index >= 15 is 0 Å². The molecule has 1 rings (SSSR count). The summed E-state index contributed by atoms with van der Waals surface area (Å²) in [5.41, 5.74) is 1.10. The van der Waals surface area contributed by atoms with Gasteiger partial charge in [-0.3, -0.25) is 0 Å². The number of methoxy groups -OCH3 is 1. The second-order valence-electron chi connectivity index (χ2n) is 4.34. The molecule has 1 heterocycles. The molecule has 0 fully saturated rings. The summed E-state index contributed by atoms with van der Waals surface area (Å²) in [4.78, 5) is 6.46. The smallest absolute Gasteiger partial charge is 0.147 e. The third kappa shape index (κ3) is 4.12. The molecule has 18 heavy (non-hydrogen) atoms. The molecule has 0 saturated carbocycles. The molecule has 0 aliphatic heterocycles. The maximum Gasteiger partial charge on any atom is 0.147 e. The van der Waals surface area contributed by atoms with Gasteiger partial charge in [-0.1, -0.05) is 18.5 Å². The molecule has 0 radical (unpaired) electrons. The molecule has 0 aliphatic rings. The molecule has 102 valence electrons. The standard InChI is InChI=1S/C13H22ClN3O/c1-5-15-7-11-6-12(14)13(16-8-11)17(3)10(2)9-18-4/h6,8,10,15H,5,7,9H2,1-4H3. The minimum absolute atomic E-state index is 0.236. The van der Waals surface area contributed by atoms with Gasteiger partial charge in [-0.15, -0.1) is 0 Å². The van der Waals surface area contributed by atoms with Crippen LogP contribution in [0.15, 0.2) is 12.3 Å². The lowest BCUT2D eigenvalue weighted by atomic mass is 10.2. The highest BCUT2D eigenvalue weighted by Crippen LogP contribution is 2.24. The molecule has 1 aromatic heterocycles. The molecular weight excluding hydrogens is 250 g/mol. The lowest BCUT2D eigenvalue weighted by Gasteiger charge is -2.26. The first-order chi connectivity index (χ1) is 8.60. The van der Waals surface area contributed by atoms with Crippen molar-refractivity contribution in [2.24, 2.45) is 0 Å². The number of rotatable bonds is 7. The van der Waals surface area contributed by atoms with Crippen molar-refractivity contribution in [2.45, 2.75) is 26.4 Å². The first-order valence-corrected chi connectivity index (χ1v) is 6.54. The Labute approximate surface area is 114 Å². The fourth-order valence-electron chi connectivity index (χ4n) is 1.66. The molecule has 0 aliphatic carbocycles. The number of aromatic nitrogens is 1. The van der Waals surface area contributed by atoms with Crippen LogP contribution in [-0.2, 0) is 11.3 Å². The third-order valence-electron chi connectivity index (χ3n) is 2.86. The molecule has 1 aromatic rings. The minimum atomic E-state index is 0.236. The average Bonchev–Trinajstić information content (AvgIpc) is 2.36. The van der Waals surface area contributed by atoms with E-state index in [1.165, 1.54) is 0 Å². The topological polar surface area (TPSA) is 37.4 Å². The highest BCUT2D eigenvalue weighted by Gasteiger charge is 2.14. The van der Waals surface area contributed by atoms with E-state index in [1.807, 2.05) is 24.2 Å². The first-order valence-electron chi connectivity index (χ1n) is 6.17. The number of ether oxygens (including phenoxy) is 1. The van der Waals surface area contributed by atoms with E-state index in [1.54, 1.807) is 7.11 Å². The van der Waals surface area contributed by atoms with Gasteiger partial charge in [0.1, 0.15) is 5.82 Å². The van der Waals surface area contributed by atoms with Crippen LogP contribution in [0, 0.1) is 0 Å². The maximum absolute atomic E-state index is 6.27. The fourth-order valence-corrected chi connectivity index (χ4v) is 1.98. The van der Waals surface area contributed by atoms with Gasteiger partial charge in [0.25, 0.3) is 0 Å². The summed E-state index contributed by atoms with van der Waals surface area (Å²) in [6.45, 7) is 6.52. The largest absolute Gasteiger partial charge is 0.383 e. The first kappa shape index (κ1) is 15.2. The molecule has 1 atom stereocenters. The van der Waals surface area contributed by atoms with E-state index in [9.17, 15) is 0 Å². The van der Waals surface area contributed by atoms with Crippen LogP contribution in [-0.4, -0.2) is 38.3 Å². The van der Waals surface area contributed by atoms with E-state index in [0.29, 0.717) is 11.6 Å². The minimum Gasteiger partial charge on any atom is -0.383 e. The second-order valence-corrected chi connectivity index (χ2v) is 4.75. The second kappa shape index (κ2) is 7.56. The van der Waals surface area contributed by atoms with Crippen LogP contribution in [0.4, 0.5) is 5.82 Å². The normalized spacial score (nSPS) is 12.5. The van der Waals surface area contributed by atoms with Crippen molar-refractivity contribution in [1.29, 1.82) is 0 Å². The summed E-state index contributed by atoms with van der Waals surface area (Å²) in [7, 11) is 3.67. The molecule has 1 unspecified atom stereocenters. The van der Waals surface area contributed by atoms with E-state index < -0.39 is 0 Å². The summed E-state index contributed by atoms with van der Waals surface area (Å²) in [5.74, 6) is 0.793. The van der Waals surface area contributed by atoms with Crippen molar-refractivity contribution in [3.05, 3.63) is 22.8 Å². The van der Waals surface area contributed by atoms with E-state index in [-0.39, 0.29) is 6.04 Å². The summed E-state index contributed by atoms with van der Waals surface area (Å²) in [6, 6.07) is 2.20. The Morgan fingerprint density at radius 2 is 2.28 bits per heavy atom. The molecular formula is C13H22ClN3O. The Bertz CT molecular complexity index is 373. The van der Waals surface area contributed by atoms with Gasteiger partial charge in [0.15, 0.2) is 0 Å². The van der Waals surface area contributed by atoms with Gasteiger partial charge in [0, 0.05) is 26.9 Å². The quantitative estimate of drug-likeness (QED) is 0.826. The van der Waals surface area contributed by atoms with Crippen LogP contribution in [0.5, 0.6) is 0 Å². The summed E-state index contributed by atoms with van der Waals surface area (Å²) >= 11 is 6.27. The Balaban J connectivity index is 2.78. The van der Waals surface area contributed by atoms with Crippen molar-refractivity contribution in [3.8, 4) is 0 Å². The van der Waals surface area contributed by atoms with Crippen LogP contribution in [0.1, 0.15) is 19.4 Å². The molecule has 4 nitrogen and oxygen atoms in total. The van der Waals surface area contributed by atoms with Gasteiger partial charge in [-0.05, 0) is 25.1 Å². The van der Waals surface area contributed by atoms with Crippen LogP contribution < -0.4 is 10.2 Å². The lowest BCUT2D eigenvalue weighted by molar-refractivity contribution is 0.183. The fraction of sp³-hybridized carbons (Fsp3) is 0.615. The van der Waals surface area contributed by atoms with Crippen LogP contribution in [0.25, 0.3) is 0 Å². The number of nitrogens with zero attached hydrogens (tertiary/aromatic N) is 2. The zero-order valence-corrected chi connectivity index (χ0v) is 12.3. The average molecular weight is 272 g/mol. The zero-order chi connectivity index (χ0) is 13.5. The number of halogens is 1. The molecule has 0 spiro atoms. The molecule has 0 bridgehead atoms. The van der Waals surface area contributed by atoms with Gasteiger partial charge < -0.3 is 15.0 Å². The number of hydrogen-bond acceptors (Lipinski definition) is 4. The Morgan fingerprint density at radius 3 is 2.83 bits per heavy atom. The number of hydrogen-bond donors (Lipinski definition) is 1. The Hall–Kier alpha value is -0.840.